The summed E-state index contributed by atoms with van der Waals surface area (Å²) in [7, 11) is 0. The van der Waals surface area contributed by atoms with Gasteiger partial charge in [-0.15, -0.1) is 0 Å². The van der Waals surface area contributed by atoms with Crippen molar-refractivity contribution >= 4 is 29.3 Å². The Morgan fingerprint density at radius 3 is 2.42 bits per heavy atom. The van der Waals surface area contributed by atoms with Gasteiger partial charge in [0.2, 0.25) is 0 Å². The van der Waals surface area contributed by atoms with Crippen molar-refractivity contribution < 1.29 is 23.5 Å². The maximum Gasteiger partial charge on any atom is 0.326 e. The third kappa shape index (κ3) is 4.61. The zero-order chi connectivity index (χ0) is 26.0. The molecule has 0 bridgehead atoms. The number of benzene rings is 2. The number of rotatable bonds is 7. The Bertz CT molecular complexity index is 1400. The Kier molecular flexibility index (Phi) is 6.70. The summed E-state index contributed by atoms with van der Waals surface area (Å²) in [4.78, 5) is 38.8. The standard InChI is InChI=1S/C27H23FN4O4/c1-16-17(2)31(13-19-8-10-20(28)11-9-19)26(23(16)12-29)30-24(33)15-36-25(34)14-32-18(3)21-6-4-5-7-22(21)27(32)35/h4-11H,3,13-15H2,1-2H3,(H,30,33). The third-order valence-electron chi connectivity index (χ3n) is 6.14. The molecule has 0 saturated heterocycles. The van der Waals surface area contributed by atoms with E-state index in [1.807, 2.05) is 6.92 Å². The number of aromatic nitrogens is 1. The lowest BCUT2D eigenvalue weighted by Gasteiger charge is -2.16. The zero-order valence-electron chi connectivity index (χ0n) is 19.8. The number of halogens is 1. The number of hydrogen-bond acceptors (Lipinski definition) is 5. The Balaban J connectivity index is 1.42. The summed E-state index contributed by atoms with van der Waals surface area (Å²) in [6, 6.07) is 14.9. The Labute approximate surface area is 207 Å². The van der Waals surface area contributed by atoms with Gasteiger partial charge in [-0.05, 0) is 43.2 Å². The summed E-state index contributed by atoms with van der Waals surface area (Å²) in [6.45, 7) is 6.76. The van der Waals surface area contributed by atoms with Crippen LogP contribution in [0.5, 0.6) is 0 Å². The smallest absolute Gasteiger partial charge is 0.326 e. The van der Waals surface area contributed by atoms with Crippen LogP contribution in [0.3, 0.4) is 0 Å². The summed E-state index contributed by atoms with van der Waals surface area (Å²) >= 11 is 0. The molecule has 2 amide bonds. The second-order valence-corrected chi connectivity index (χ2v) is 8.35. The lowest BCUT2D eigenvalue weighted by atomic mass is 10.1. The summed E-state index contributed by atoms with van der Waals surface area (Å²) < 4.78 is 20.1. The topological polar surface area (TPSA) is 104 Å². The highest BCUT2D eigenvalue weighted by Gasteiger charge is 2.32. The predicted molar refractivity (Wildman–Crippen MR) is 130 cm³/mol. The summed E-state index contributed by atoms with van der Waals surface area (Å²) in [5.74, 6) is -1.89. The minimum atomic E-state index is -0.776. The van der Waals surface area contributed by atoms with Crippen LogP contribution in [-0.2, 0) is 20.9 Å². The van der Waals surface area contributed by atoms with E-state index in [1.54, 1.807) is 47.9 Å². The molecule has 0 aliphatic carbocycles. The van der Waals surface area contributed by atoms with E-state index in [4.69, 9.17) is 4.74 Å². The van der Waals surface area contributed by atoms with Crippen LogP contribution < -0.4 is 5.32 Å². The van der Waals surface area contributed by atoms with Gasteiger partial charge in [0.25, 0.3) is 11.8 Å². The molecular weight excluding hydrogens is 463 g/mol. The maximum atomic E-state index is 13.3. The van der Waals surface area contributed by atoms with Crippen molar-refractivity contribution in [2.75, 3.05) is 18.5 Å². The average molecular weight is 487 g/mol. The average Bonchev–Trinajstić information content (AvgIpc) is 3.24. The summed E-state index contributed by atoms with van der Waals surface area (Å²) in [5.41, 5.74) is 3.99. The molecule has 1 N–H and O–H groups in total. The molecule has 3 aromatic rings. The fraction of sp³-hybridized carbons (Fsp3) is 0.185. The van der Waals surface area contributed by atoms with E-state index in [9.17, 15) is 24.0 Å². The fourth-order valence-corrected chi connectivity index (χ4v) is 4.09. The van der Waals surface area contributed by atoms with Gasteiger partial charge in [0.15, 0.2) is 6.61 Å². The number of hydrogen-bond donors (Lipinski definition) is 1. The minimum absolute atomic E-state index is 0.261. The molecule has 2 heterocycles. The van der Waals surface area contributed by atoms with Crippen molar-refractivity contribution in [3.63, 3.8) is 0 Å². The number of nitriles is 1. The van der Waals surface area contributed by atoms with E-state index in [0.717, 1.165) is 11.3 Å². The van der Waals surface area contributed by atoms with Crippen LogP contribution in [0, 0.1) is 31.0 Å². The van der Waals surface area contributed by atoms with Crippen molar-refractivity contribution in [2.45, 2.75) is 20.4 Å². The molecule has 0 unspecified atom stereocenters. The normalized spacial score (nSPS) is 12.3. The quantitative estimate of drug-likeness (QED) is 0.512. The third-order valence-corrected chi connectivity index (χ3v) is 6.14. The number of carbonyl (C=O) groups is 3. The van der Waals surface area contributed by atoms with Crippen LogP contribution >= 0.6 is 0 Å². The first kappa shape index (κ1) is 24.4. The van der Waals surface area contributed by atoms with Gasteiger partial charge in [-0.25, -0.2) is 4.39 Å². The highest BCUT2D eigenvalue weighted by molar-refractivity contribution is 6.10. The van der Waals surface area contributed by atoms with Gasteiger partial charge in [-0.1, -0.05) is 36.9 Å². The first-order valence-electron chi connectivity index (χ1n) is 11.1. The Morgan fingerprint density at radius 2 is 1.78 bits per heavy atom. The van der Waals surface area contributed by atoms with Gasteiger partial charge >= 0.3 is 5.97 Å². The van der Waals surface area contributed by atoms with Crippen molar-refractivity contribution in [3.05, 3.63) is 94.4 Å². The monoisotopic (exact) mass is 486 g/mol. The van der Waals surface area contributed by atoms with Crippen molar-refractivity contribution in [3.8, 4) is 6.07 Å². The van der Waals surface area contributed by atoms with Gasteiger partial charge in [0.1, 0.15) is 24.2 Å². The molecule has 2 aromatic carbocycles. The first-order chi connectivity index (χ1) is 17.2. The lowest BCUT2D eigenvalue weighted by Crippen LogP contribution is -2.32. The fourth-order valence-electron chi connectivity index (χ4n) is 4.09. The molecule has 1 aliphatic rings. The van der Waals surface area contributed by atoms with Crippen LogP contribution in [0.4, 0.5) is 10.2 Å². The molecule has 1 aromatic heterocycles. The molecule has 4 rings (SSSR count). The van der Waals surface area contributed by atoms with Crippen LogP contribution in [0.25, 0.3) is 5.70 Å². The summed E-state index contributed by atoms with van der Waals surface area (Å²) in [5, 5.41) is 12.3. The molecule has 0 radical (unpaired) electrons. The largest absolute Gasteiger partial charge is 0.454 e. The van der Waals surface area contributed by atoms with Crippen LogP contribution in [0.2, 0.25) is 0 Å². The highest BCUT2D eigenvalue weighted by Crippen LogP contribution is 2.31. The second kappa shape index (κ2) is 9.88. The van der Waals surface area contributed by atoms with Crippen molar-refractivity contribution in [1.82, 2.24) is 9.47 Å². The lowest BCUT2D eigenvalue weighted by molar-refractivity contribution is -0.147. The highest BCUT2D eigenvalue weighted by atomic mass is 19.1. The molecule has 9 heteroatoms. The molecular formula is C27H23FN4O4. The van der Waals surface area contributed by atoms with Crippen molar-refractivity contribution in [1.29, 1.82) is 5.26 Å². The van der Waals surface area contributed by atoms with E-state index in [-0.39, 0.29) is 29.7 Å². The first-order valence-corrected chi connectivity index (χ1v) is 11.1. The molecule has 0 atom stereocenters. The molecule has 0 saturated carbocycles. The minimum Gasteiger partial charge on any atom is -0.454 e. The van der Waals surface area contributed by atoms with Crippen LogP contribution in [0.15, 0.2) is 55.1 Å². The van der Waals surface area contributed by atoms with E-state index >= 15 is 0 Å². The SMILES string of the molecule is C=C1c2ccccc2C(=O)N1CC(=O)OCC(=O)Nc1c(C#N)c(C)c(C)n1Cc1ccc(F)cc1. The zero-order valence-corrected chi connectivity index (χ0v) is 19.8. The number of ether oxygens (including phenoxy) is 1. The van der Waals surface area contributed by atoms with E-state index in [2.05, 4.69) is 18.0 Å². The number of carbonyl (C=O) groups excluding carboxylic acids is 3. The predicted octanol–water partition coefficient (Wildman–Crippen LogP) is 3.77. The molecule has 1 aliphatic heterocycles. The number of nitrogens with one attached hydrogen (secondary N) is 1. The van der Waals surface area contributed by atoms with Gasteiger partial charge in [0, 0.05) is 29.1 Å². The molecule has 8 nitrogen and oxygen atoms in total. The van der Waals surface area contributed by atoms with Crippen molar-refractivity contribution in [2.24, 2.45) is 0 Å². The number of anilines is 1. The molecule has 0 fully saturated rings. The number of fused-ring (bicyclic) bond motifs is 1. The Morgan fingerprint density at radius 1 is 1.11 bits per heavy atom. The van der Waals surface area contributed by atoms with Gasteiger partial charge in [0.05, 0.1) is 5.56 Å². The van der Waals surface area contributed by atoms with E-state index < -0.39 is 18.5 Å². The van der Waals surface area contributed by atoms with Gasteiger partial charge < -0.3 is 14.6 Å². The molecule has 182 valence electrons. The maximum absolute atomic E-state index is 13.3. The van der Waals surface area contributed by atoms with E-state index in [1.165, 1.54) is 17.0 Å². The number of nitrogens with zero attached hydrogens (tertiary/aromatic N) is 3. The number of esters is 1. The van der Waals surface area contributed by atoms with Gasteiger partial charge in [-0.3, -0.25) is 19.3 Å². The molecule has 0 spiro atoms. The van der Waals surface area contributed by atoms with Gasteiger partial charge in [-0.2, -0.15) is 5.26 Å². The van der Waals surface area contributed by atoms with E-state index in [0.29, 0.717) is 28.9 Å². The Hall–Kier alpha value is -4.71. The molecule has 36 heavy (non-hydrogen) atoms. The summed E-state index contributed by atoms with van der Waals surface area (Å²) in [6.07, 6.45) is 0. The van der Waals surface area contributed by atoms with Crippen LogP contribution in [0.1, 0.15) is 38.3 Å². The second-order valence-electron chi connectivity index (χ2n) is 8.35. The number of amides is 2. The van der Waals surface area contributed by atoms with Crippen LogP contribution in [-0.4, -0.2) is 40.4 Å².